The molecule has 0 saturated heterocycles. The van der Waals surface area contributed by atoms with E-state index in [0.29, 0.717) is 29.0 Å². The summed E-state index contributed by atoms with van der Waals surface area (Å²) in [6.45, 7) is 2.04. The van der Waals surface area contributed by atoms with Gasteiger partial charge in [0.2, 0.25) is 17.8 Å². The van der Waals surface area contributed by atoms with E-state index in [1.54, 1.807) is 29.8 Å². The first-order valence-electron chi connectivity index (χ1n) is 6.90. The maximum absolute atomic E-state index is 12.2. The lowest BCUT2D eigenvalue weighted by Gasteiger charge is -2.21. The molecule has 3 rings (SSSR count). The number of hydrogen-bond donors (Lipinski definition) is 2. The van der Waals surface area contributed by atoms with Gasteiger partial charge in [0.25, 0.3) is 0 Å². The Bertz CT molecular complexity index is 789. The normalized spacial score (nSPS) is 16.7. The van der Waals surface area contributed by atoms with Crippen LogP contribution in [0.5, 0.6) is 0 Å². The van der Waals surface area contributed by atoms with Crippen molar-refractivity contribution in [2.45, 2.75) is 19.9 Å². The zero-order valence-electron chi connectivity index (χ0n) is 12.1. The first-order chi connectivity index (χ1) is 10.9. The van der Waals surface area contributed by atoms with Crippen molar-refractivity contribution < 1.29 is 9.59 Å². The number of nitrogens with one attached hydrogen (secondary N) is 2. The van der Waals surface area contributed by atoms with Gasteiger partial charge in [0.05, 0.1) is 28.2 Å². The van der Waals surface area contributed by atoms with E-state index in [0.717, 1.165) is 0 Å². The predicted octanol–water partition coefficient (Wildman–Crippen LogP) is 2.49. The van der Waals surface area contributed by atoms with E-state index in [9.17, 15) is 9.59 Å². The van der Waals surface area contributed by atoms with Crippen molar-refractivity contribution >= 4 is 46.7 Å². The van der Waals surface area contributed by atoms with Crippen molar-refractivity contribution in [2.24, 2.45) is 5.92 Å². The summed E-state index contributed by atoms with van der Waals surface area (Å²) in [6.07, 6.45) is 0.00697. The topological polar surface area (TPSA) is 88.9 Å². The number of benzene rings is 1. The maximum Gasteiger partial charge on any atom is 0.232 e. The van der Waals surface area contributed by atoms with Gasteiger partial charge in [-0.1, -0.05) is 29.3 Å². The van der Waals surface area contributed by atoms with E-state index in [1.807, 2.05) is 0 Å². The average molecular weight is 354 g/mol. The van der Waals surface area contributed by atoms with Crippen LogP contribution in [0, 0.1) is 12.8 Å². The second-order valence-corrected chi connectivity index (χ2v) is 5.99. The molecule has 0 radical (unpaired) electrons. The number of aryl methyl sites for hydroxylation is 1. The Balaban J connectivity index is 1.68. The first kappa shape index (κ1) is 15.8. The lowest BCUT2D eigenvalue weighted by Crippen LogP contribution is -2.36. The second-order valence-electron chi connectivity index (χ2n) is 5.20. The van der Waals surface area contributed by atoms with Crippen LogP contribution < -0.4 is 10.6 Å². The third-order valence-corrected chi connectivity index (χ3v) is 4.25. The molecule has 1 aliphatic rings. The van der Waals surface area contributed by atoms with E-state index >= 15 is 0 Å². The predicted molar refractivity (Wildman–Crippen MR) is 86.6 cm³/mol. The van der Waals surface area contributed by atoms with Crippen LogP contribution >= 0.6 is 23.2 Å². The molecule has 23 heavy (non-hydrogen) atoms. The summed E-state index contributed by atoms with van der Waals surface area (Å²) < 4.78 is 1.58. The minimum atomic E-state index is -0.526. The van der Waals surface area contributed by atoms with Gasteiger partial charge in [0.1, 0.15) is 5.82 Å². The zero-order valence-corrected chi connectivity index (χ0v) is 13.6. The number of anilines is 2. The summed E-state index contributed by atoms with van der Waals surface area (Å²) in [5.74, 6) is -0.133. The van der Waals surface area contributed by atoms with E-state index in [1.165, 1.54) is 0 Å². The fourth-order valence-electron chi connectivity index (χ4n) is 2.36. The molecule has 7 nitrogen and oxygen atoms in total. The second kappa shape index (κ2) is 6.17. The number of aromatic nitrogens is 3. The highest BCUT2D eigenvalue weighted by atomic mass is 35.5. The quantitative estimate of drug-likeness (QED) is 0.886. The molecule has 2 N–H and O–H groups in total. The van der Waals surface area contributed by atoms with Crippen molar-refractivity contribution in [2.75, 3.05) is 10.6 Å². The smallest absolute Gasteiger partial charge is 0.232 e. The molecule has 1 aliphatic heterocycles. The Morgan fingerprint density at radius 2 is 2.26 bits per heavy atom. The van der Waals surface area contributed by atoms with E-state index < -0.39 is 5.92 Å². The average Bonchev–Trinajstić information content (AvgIpc) is 2.83. The molecule has 2 amide bonds. The number of amides is 2. The fraction of sp³-hybridized carbons (Fsp3) is 0.286. The summed E-state index contributed by atoms with van der Waals surface area (Å²) in [7, 11) is 0. The Hall–Kier alpha value is -2.12. The molecule has 0 spiro atoms. The van der Waals surface area contributed by atoms with Crippen LogP contribution in [-0.2, 0) is 16.1 Å². The van der Waals surface area contributed by atoms with E-state index in [-0.39, 0.29) is 23.3 Å². The molecule has 0 bridgehead atoms. The molecule has 1 atom stereocenters. The molecule has 2 heterocycles. The lowest BCUT2D eigenvalue weighted by molar-refractivity contribution is -0.125. The highest BCUT2D eigenvalue weighted by molar-refractivity contribution is 6.44. The van der Waals surface area contributed by atoms with Gasteiger partial charge in [-0.05, 0) is 19.1 Å². The molecular formula is C14H13Cl2N5O2. The number of carbonyl (C=O) groups excluding carboxylic acids is 2. The van der Waals surface area contributed by atoms with Gasteiger partial charge in [-0.25, -0.2) is 4.68 Å². The van der Waals surface area contributed by atoms with Crippen molar-refractivity contribution in [3.63, 3.8) is 0 Å². The van der Waals surface area contributed by atoms with E-state index in [4.69, 9.17) is 23.2 Å². The minimum Gasteiger partial charge on any atom is -0.325 e. The van der Waals surface area contributed by atoms with Crippen molar-refractivity contribution in [3.8, 4) is 0 Å². The Morgan fingerprint density at radius 3 is 3.04 bits per heavy atom. The fourth-order valence-corrected chi connectivity index (χ4v) is 2.71. The van der Waals surface area contributed by atoms with Gasteiger partial charge in [0.15, 0.2) is 0 Å². The van der Waals surface area contributed by atoms with Crippen LogP contribution in [0.25, 0.3) is 0 Å². The van der Waals surface area contributed by atoms with Crippen LogP contribution in [0.4, 0.5) is 11.6 Å². The molecule has 0 saturated carbocycles. The van der Waals surface area contributed by atoms with Gasteiger partial charge >= 0.3 is 0 Å². The summed E-state index contributed by atoms with van der Waals surface area (Å²) >= 11 is 11.9. The van der Waals surface area contributed by atoms with Crippen molar-refractivity contribution in [3.05, 3.63) is 34.1 Å². The van der Waals surface area contributed by atoms with Crippen molar-refractivity contribution in [1.82, 2.24) is 14.8 Å². The Labute approximate surface area is 142 Å². The molecule has 0 fully saturated rings. The molecule has 0 aliphatic carbocycles. The van der Waals surface area contributed by atoms with Gasteiger partial charge in [0, 0.05) is 6.42 Å². The highest BCUT2D eigenvalue weighted by Gasteiger charge is 2.30. The number of carbonyl (C=O) groups is 2. The highest BCUT2D eigenvalue weighted by Crippen LogP contribution is 2.30. The molecule has 0 unspecified atom stereocenters. The molecule has 2 aromatic rings. The lowest BCUT2D eigenvalue weighted by atomic mass is 10.0. The summed E-state index contributed by atoms with van der Waals surface area (Å²) in [4.78, 5) is 28.3. The Kier molecular flexibility index (Phi) is 4.23. The first-order valence-corrected chi connectivity index (χ1v) is 7.66. The van der Waals surface area contributed by atoms with Gasteiger partial charge in [-0.3, -0.25) is 14.9 Å². The van der Waals surface area contributed by atoms with E-state index in [2.05, 4.69) is 20.7 Å². The van der Waals surface area contributed by atoms with Gasteiger partial charge < -0.3 is 5.32 Å². The third kappa shape index (κ3) is 3.30. The maximum atomic E-state index is 12.2. The zero-order chi connectivity index (χ0) is 16.6. The summed E-state index contributed by atoms with van der Waals surface area (Å²) in [6, 6.07) is 4.95. The number of fused-ring (bicyclic) bond motifs is 1. The number of nitrogens with zero attached hydrogens (tertiary/aromatic N) is 3. The molecule has 1 aromatic heterocycles. The van der Waals surface area contributed by atoms with Crippen LogP contribution in [0.2, 0.25) is 10.0 Å². The summed E-state index contributed by atoms with van der Waals surface area (Å²) in [5, 5.41) is 10.1. The number of rotatable bonds is 3. The Morgan fingerprint density at radius 1 is 1.48 bits per heavy atom. The van der Waals surface area contributed by atoms with Gasteiger partial charge in [-0.15, -0.1) is 0 Å². The number of halogens is 2. The standard InChI is InChI=1S/C14H13Cl2N5O2/c1-7-17-14-19-13(23)8(6-21(14)20-7)5-11(22)18-10-4-2-3-9(15)12(10)16/h2-4,8H,5-6H2,1H3,(H,18,22)(H,17,19,20,23)/t8-/m1/s1. The van der Waals surface area contributed by atoms with Crippen LogP contribution in [0.15, 0.2) is 18.2 Å². The third-order valence-electron chi connectivity index (χ3n) is 3.43. The van der Waals surface area contributed by atoms with Crippen LogP contribution in [0.3, 0.4) is 0 Å². The molecule has 1 aromatic carbocycles. The molecular weight excluding hydrogens is 341 g/mol. The molecule has 120 valence electrons. The number of hydrogen-bond acceptors (Lipinski definition) is 4. The van der Waals surface area contributed by atoms with Gasteiger partial charge in [-0.2, -0.15) is 10.1 Å². The monoisotopic (exact) mass is 353 g/mol. The summed E-state index contributed by atoms with van der Waals surface area (Å²) in [5.41, 5.74) is 0.415. The minimum absolute atomic E-state index is 0.00697. The van der Waals surface area contributed by atoms with Crippen molar-refractivity contribution in [1.29, 1.82) is 0 Å². The van der Waals surface area contributed by atoms with Crippen LogP contribution in [-0.4, -0.2) is 26.6 Å². The van der Waals surface area contributed by atoms with Crippen LogP contribution in [0.1, 0.15) is 12.2 Å². The SMILES string of the molecule is Cc1nc2n(n1)C[C@@H](CC(=O)Nc1cccc(Cl)c1Cl)C(=O)N2. The molecule has 9 heteroatoms. The largest absolute Gasteiger partial charge is 0.325 e.